The highest BCUT2D eigenvalue weighted by molar-refractivity contribution is 5.94. The molecule has 1 atom stereocenters. The fraction of sp³-hybridized carbons (Fsp3) is 0.500. The monoisotopic (exact) mass is 279 g/mol. The largest absolute Gasteiger partial charge is 0.379 e. The SMILES string of the molecule is CC(CNc1ccc(C(N)=O)cc1[N+](=O)[O-])C(C)(C)C. The summed E-state index contributed by atoms with van der Waals surface area (Å²) >= 11 is 0. The Morgan fingerprint density at radius 3 is 2.50 bits per heavy atom. The summed E-state index contributed by atoms with van der Waals surface area (Å²) in [6.07, 6.45) is 0. The van der Waals surface area contributed by atoms with Crippen LogP contribution in [-0.2, 0) is 0 Å². The Hall–Kier alpha value is -2.11. The number of nitrogens with zero attached hydrogens (tertiary/aromatic N) is 1. The van der Waals surface area contributed by atoms with E-state index < -0.39 is 10.8 Å². The molecule has 0 saturated heterocycles. The summed E-state index contributed by atoms with van der Waals surface area (Å²) in [5.41, 5.74) is 5.63. The fourth-order valence-corrected chi connectivity index (χ4v) is 1.55. The third-order valence-corrected chi connectivity index (χ3v) is 3.56. The van der Waals surface area contributed by atoms with E-state index in [0.29, 0.717) is 18.2 Å². The van der Waals surface area contributed by atoms with Crippen LogP contribution in [-0.4, -0.2) is 17.4 Å². The average Bonchev–Trinajstić information content (AvgIpc) is 2.34. The van der Waals surface area contributed by atoms with Gasteiger partial charge in [-0.05, 0) is 23.5 Å². The molecule has 1 rings (SSSR count). The molecule has 0 radical (unpaired) electrons. The van der Waals surface area contributed by atoms with Gasteiger partial charge in [-0.1, -0.05) is 27.7 Å². The van der Waals surface area contributed by atoms with Crippen LogP contribution in [0.5, 0.6) is 0 Å². The smallest absolute Gasteiger partial charge is 0.293 e. The van der Waals surface area contributed by atoms with Gasteiger partial charge in [-0.3, -0.25) is 14.9 Å². The molecule has 0 bridgehead atoms. The molecular weight excluding hydrogens is 258 g/mol. The summed E-state index contributed by atoms with van der Waals surface area (Å²) in [6.45, 7) is 9.04. The number of anilines is 1. The predicted molar refractivity (Wildman–Crippen MR) is 78.7 cm³/mol. The van der Waals surface area contributed by atoms with Crippen LogP contribution >= 0.6 is 0 Å². The van der Waals surface area contributed by atoms with Crippen molar-refractivity contribution < 1.29 is 9.72 Å². The number of amides is 1. The minimum Gasteiger partial charge on any atom is -0.379 e. The van der Waals surface area contributed by atoms with Crippen LogP contribution < -0.4 is 11.1 Å². The van der Waals surface area contributed by atoms with Crippen molar-refractivity contribution in [1.29, 1.82) is 0 Å². The zero-order chi connectivity index (χ0) is 15.5. The zero-order valence-corrected chi connectivity index (χ0v) is 12.3. The first-order valence-electron chi connectivity index (χ1n) is 6.45. The van der Waals surface area contributed by atoms with Crippen molar-refractivity contribution in [1.82, 2.24) is 0 Å². The second-order valence-corrected chi connectivity index (χ2v) is 6.00. The lowest BCUT2D eigenvalue weighted by molar-refractivity contribution is -0.384. The number of nitro groups is 1. The zero-order valence-electron chi connectivity index (χ0n) is 12.3. The van der Waals surface area contributed by atoms with Crippen molar-refractivity contribution in [3.8, 4) is 0 Å². The van der Waals surface area contributed by atoms with Crippen LogP contribution in [0.3, 0.4) is 0 Å². The summed E-state index contributed by atoms with van der Waals surface area (Å²) in [4.78, 5) is 21.6. The summed E-state index contributed by atoms with van der Waals surface area (Å²) in [5.74, 6) is -0.347. The second-order valence-electron chi connectivity index (χ2n) is 6.00. The Balaban J connectivity index is 2.95. The summed E-state index contributed by atoms with van der Waals surface area (Å²) in [6, 6.07) is 4.21. The van der Waals surface area contributed by atoms with Crippen molar-refractivity contribution in [2.24, 2.45) is 17.1 Å². The first-order valence-corrected chi connectivity index (χ1v) is 6.45. The fourth-order valence-electron chi connectivity index (χ4n) is 1.55. The Bertz CT molecular complexity index is 521. The van der Waals surface area contributed by atoms with Gasteiger partial charge in [0.1, 0.15) is 5.69 Å². The van der Waals surface area contributed by atoms with Crippen molar-refractivity contribution >= 4 is 17.3 Å². The number of nitrogens with one attached hydrogen (secondary N) is 1. The minimum atomic E-state index is -0.678. The number of rotatable bonds is 5. The van der Waals surface area contributed by atoms with Gasteiger partial charge in [0.15, 0.2) is 0 Å². The Morgan fingerprint density at radius 1 is 1.45 bits per heavy atom. The molecule has 1 amide bonds. The molecule has 1 aromatic carbocycles. The Morgan fingerprint density at radius 2 is 2.05 bits per heavy atom. The number of carbonyl (C=O) groups is 1. The van der Waals surface area contributed by atoms with Gasteiger partial charge in [0.2, 0.25) is 5.91 Å². The number of hydrogen-bond acceptors (Lipinski definition) is 4. The molecule has 0 aliphatic carbocycles. The minimum absolute atomic E-state index is 0.106. The molecular formula is C14H21N3O3. The number of hydrogen-bond donors (Lipinski definition) is 2. The number of nitro benzene ring substituents is 1. The lowest BCUT2D eigenvalue weighted by Gasteiger charge is -2.27. The lowest BCUT2D eigenvalue weighted by Crippen LogP contribution is -2.25. The molecule has 0 aliphatic rings. The molecule has 0 spiro atoms. The van der Waals surface area contributed by atoms with Gasteiger partial charge in [0.25, 0.3) is 5.69 Å². The van der Waals surface area contributed by atoms with Gasteiger partial charge < -0.3 is 11.1 Å². The van der Waals surface area contributed by atoms with E-state index in [0.717, 1.165) is 0 Å². The molecule has 110 valence electrons. The third-order valence-electron chi connectivity index (χ3n) is 3.56. The molecule has 0 fully saturated rings. The highest BCUT2D eigenvalue weighted by Gasteiger charge is 2.22. The summed E-state index contributed by atoms with van der Waals surface area (Å²) < 4.78 is 0. The molecule has 20 heavy (non-hydrogen) atoms. The molecule has 0 aromatic heterocycles. The van der Waals surface area contributed by atoms with Crippen LogP contribution in [0.2, 0.25) is 0 Å². The van der Waals surface area contributed by atoms with Crippen LogP contribution in [0.25, 0.3) is 0 Å². The van der Waals surface area contributed by atoms with Gasteiger partial charge in [-0.15, -0.1) is 0 Å². The first-order chi connectivity index (χ1) is 9.12. The average molecular weight is 279 g/mol. The normalized spacial score (nSPS) is 12.8. The van der Waals surface area contributed by atoms with E-state index >= 15 is 0 Å². The number of nitrogens with two attached hydrogens (primary N) is 1. The van der Waals surface area contributed by atoms with Crippen LogP contribution in [0.1, 0.15) is 38.1 Å². The number of primary amides is 1. The molecule has 1 aromatic rings. The molecule has 0 saturated carbocycles. The van der Waals surface area contributed by atoms with Crippen LogP contribution in [0.4, 0.5) is 11.4 Å². The molecule has 0 aliphatic heterocycles. The van der Waals surface area contributed by atoms with Crippen molar-refractivity contribution in [3.05, 3.63) is 33.9 Å². The predicted octanol–water partition coefficient (Wildman–Crippen LogP) is 2.79. The van der Waals surface area contributed by atoms with Gasteiger partial charge in [0.05, 0.1) is 4.92 Å². The summed E-state index contributed by atoms with van der Waals surface area (Å²) in [5, 5.41) is 14.1. The first kappa shape index (κ1) is 15.9. The highest BCUT2D eigenvalue weighted by atomic mass is 16.6. The van der Waals surface area contributed by atoms with Gasteiger partial charge in [-0.25, -0.2) is 0 Å². The topological polar surface area (TPSA) is 98.3 Å². The van der Waals surface area contributed by atoms with Crippen LogP contribution in [0, 0.1) is 21.4 Å². The van der Waals surface area contributed by atoms with E-state index in [1.807, 2.05) is 0 Å². The number of carbonyl (C=O) groups excluding carboxylic acids is 1. The van der Waals surface area contributed by atoms with Crippen molar-refractivity contribution in [2.45, 2.75) is 27.7 Å². The van der Waals surface area contributed by atoms with E-state index in [2.05, 4.69) is 33.0 Å². The van der Waals surface area contributed by atoms with Crippen LogP contribution in [0.15, 0.2) is 18.2 Å². The van der Waals surface area contributed by atoms with E-state index in [1.54, 1.807) is 0 Å². The lowest BCUT2D eigenvalue weighted by atomic mass is 9.82. The van der Waals surface area contributed by atoms with E-state index in [4.69, 9.17) is 5.73 Å². The standard InChI is InChI=1S/C14H21N3O3/c1-9(14(2,3)4)8-16-11-6-5-10(13(15)18)7-12(11)17(19)20/h5-7,9,16H,8H2,1-4H3,(H2,15,18). The van der Waals surface area contributed by atoms with Gasteiger partial charge >= 0.3 is 0 Å². The third kappa shape index (κ3) is 3.94. The molecule has 6 heteroatoms. The summed E-state index contributed by atoms with van der Waals surface area (Å²) in [7, 11) is 0. The Labute approximate surface area is 118 Å². The van der Waals surface area contributed by atoms with Crippen molar-refractivity contribution in [3.63, 3.8) is 0 Å². The molecule has 0 heterocycles. The maximum Gasteiger partial charge on any atom is 0.293 e. The maximum atomic E-state index is 11.1. The van der Waals surface area contributed by atoms with Gasteiger partial charge in [-0.2, -0.15) is 0 Å². The van der Waals surface area contributed by atoms with Gasteiger partial charge in [0, 0.05) is 18.2 Å². The number of benzene rings is 1. The molecule has 6 nitrogen and oxygen atoms in total. The molecule has 3 N–H and O–H groups in total. The van der Waals surface area contributed by atoms with E-state index in [1.165, 1.54) is 18.2 Å². The van der Waals surface area contributed by atoms with E-state index in [9.17, 15) is 14.9 Å². The van der Waals surface area contributed by atoms with E-state index in [-0.39, 0.29) is 16.7 Å². The Kier molecular flexibility index (Phi) is 4.70. The second kappa shape index (κ2) is 5.90. The maximum absolute atomic E-state index is 11.1. The molecule has 1 unspecified atom stereocenters. The van der Waals surface area contributed by atoms with Crippen molar-refractivity contribution in [2.75, 3.05) is 11.9 Å². The highest BCUT2D eigenvalue weighted by Crippen LogP contribution is 2.29. The quantitative estimate of drug-likeness (QED) is 0.639.